The van der Waals surface area contributed by atoms with Gasteiger partial charge in [0.1, 0.15) is 17.0 Å². The van der Waals surface area contributed by atoms with Crippen molar-refractivity contribution < 1.29 is 19.0 Å². The Labute approximate surface area is 132 Å². The van der Waals surface area contributed by atoms with Crippen LogP contribution in [0.1, 0.15) is 26.3 Å². The molecule has 1 N–H and O–H groups in total. The number of hydrogen-bond donors (Lipinski definition) is 1. The molecule has 1 aliphatic heterocycles. The Morgan fingerprint density at radius 2 is 2.10 bits per heavy atom. The van der Waals surface area contributed by atoms with Crippen molar-refractivity contribution in [2.75, 3.05) is 13.1 Å². The van der Waals surface area contributed by atoms with Gasteiger partial charge in [0.05, 0.1) is 13.1 Å². The molecule has 1 aliphatic rings. The SMILES string of the molecule is CC(C)(C)OC(=O)N1CC(O)(Cc2cc(Br)ccc2F)C1. The lowest BCUT2D eigenvalue weighted by molar-refractivity contribution is -0.0976. The van der Waals surface area contributed by atoms with Crippen molar-refractivity contribution in [2.45, 2.75) is 38.4 Å². The summed E-state index contributed by atoms with van der Waals surface area (Å²) in [5.41, 5.74) is -1.24. The van der Waals surface area contributed by atoms with Gasteiger partial charge in [0.15, 0.2) is 0 Å². The number of nitrogens with zero attached hydrogens (tertiary/aromatic N) is 1. The molecule has 0 radical (unpaired) electrons. The number of rotatable bonds is 2. The van der Waals surface area contributed by atoms with Crippen molar-refractivity contribution in [2.24, 2.45) is 0 Å². The number of hydrogen-bond acceptors (Lipinski definition) is 3. The van der Waals surface area contributed by atoms with Crippen LogP contribution in [0.5, 0.6) is 0 Å². The molecule has 1 aromatic carbocycles. The van der Waals surface area contributed by atoms with E-state index in [0.717, 1.165) is 4.47 Å². The Balaban J connectivity index is 1.95. The molecule has 1 saturated heterocycles. The standard InChI is InChI=1S/C15H19BrFNO3/c1-14(2,3)21-13(19)18-8-15(20,9-18)7-10-6-11(16)4-5-12(10)17/h4-6,20H,7-9H2,1-3H3. The molecular weight excluding hydrogens is 341 g/mol. The maximum absolute atomic E-state index is 13.7. The molecular formula is C15H19BrFNO3. The zero-order chi connectivity index (χ0) is 15.8. The number of carbonyl (C=O) groups is 1. The van der Waals surface area contributed by atoms with Gasteiger partial charge >= 0.3 is 6.09 Å². The zero-order valence-electron chi connectivity index (χ0n) is 12.3. The quantitative estimate of drug-likeness (QED) is 0.882. The summed E-state index contributed by atoms with van der Waals surface area (Å²) in [7, 11) is 0. The summed E-state index contributed by atoms with van der Waals surface area (Å²) in [5.74, 6) is -0.359. The Kier molecular flexibility index (Phi) is 4.31. The molecule has 0 unspecified atom stereocenters. The molecule has 6 heteroatoms. The van der Waals surface area contributed by atoms with Crippen LogP contribution in [0.15, 0.2) is 22.7 Å². The number of benzene rings is 1. The fourth-order valence-corrected chi connectivity index (χ4v) is 2.67. The molecule has 1 aromatic rings. The van der Waals surface area contributed by atoms with E-state index in [1.807, 2.05) is 0 Å². The molecule has 1 heterocycles. The largest absolute Gasteiger partial charge is 0.444 e. The Morgan fingerprint density at radius 1 is 1.48 bits per heavy atom. The van der Waals surface area contributed by atoms with Crippen LogP contribution >= 0.6 is 15.9 Å². The number of amides is 1. The second-order valence-corrected chi connectivity index (χ2v) is 7.39. The van der Waals surface area contributed by atoms with E-state index in [4.69, 9.17) is 4.74 Å². The van der Waals surface area contributed by atoms with Gasteiger partial charge in [-0.3, -0.25) is 0 Å². The van der Waals surface area contributed by atoms with E-state index in [-0.39, 0.29) is 25.3 Å². The Hall–Kier alpha value is -1.14. The maximum atomic E-state index is 13.7. The second-order valence-electron chi connectivity index (χ2n) is 6.47. The average Bonchev–Trinajstić information content (AvgIpc) is 2.28. The summed E-state index contributed by atoms with van der Waals surface area (Å²) in [6.07, 6.45) is -0.292. The van der Waals surface area contributed by atoms with Gasteiger partial charge in [0.2, 0.25) is 0 Å². The highest BCUT2D eigenvalue weighted by Crippen LogP contribution is 2.29. The molecule has 0 aromatic heterocycles. The van der Waals surface area contributed by atoms with Gasteiger partial charge in [-0.25, -0.2) is 9.18 Å². The van der Waals surface area contributed by atoms with E-state index in [9.17, 15) is 14.3 Å². The van der Waals surface area contributed by atoms with Gasteiger partial charge in [0.25, 0.3) is 0 Å². The first kappa shape index (κ1) is 16.2. The number of likely N-dealkylation sites (tertiary alicyclic amines) is 1. The van der Waals surface area contributed by atoms with Crippen LogP contribution < -0.4 is 0 Å². The predicted molar refractivity (Wildman–Crippen MR) is 80.6 cm³/mol. The highest BCUT2D eigenvalue weighted by molar-refractivity contribution is 9.10. The van der Waals surface area contributed by atoms with Crippen molar-refractivity contribution in [1.29, 1.82) is 0 Å². The van der Waals surface area contributed by atoms with E-state index >= 15 is 0 Å². The third kappa shape index (κ3) is 4.17. The third-order valence-electron chi connectivity index (χ3n) is 3.15. The lowest BCUT2D eigenvalue weighted by Crippen LogP contribution is -2.65. The van der Waals surface area contributed by atoms with Gasteiger partial charge in [-0.15, -0.1) is 0 Å². The topological polar surface area (TPSA) is 49.8 Å². The summed E-state index contributed by atoms with van der Waals surface area (Å²) in [6.45, 7) is 5.65. The summed E-state index contributed by atoms with van der Waals surface area (Å²) in [6, 6.07) is 4.60. The van der Waals surface area contributed by atoms with Crippen LogP contribution in [0, 0.1) is 5.82 Å². The van der Waals surface area contributed by atoms with Crippen molar-refractivity contribution in [1.82, 2.24) is 4.90 Å². The highest BCUT2D eigenvalue weighted by Gasteiger charge is 2.45. The van der Waals surface area contributed by atoms with Crippen LogP contribution in [0.2, 0.25) is 0 Å². The first-order valence-corrected chi connectivity index (χ1v) is 7.52. The summed E-state index contributed by atoms with van der Waals surface area (Å²) in [5, 5.41) is 10.4. The third-order valence-corrected chi connectivity index (χ3v) is 3.64. The fourth-order valence-electron chi connectivity index (χ4n) is 2.26. The minimum atomic E-state index is -1.10. The van der Waals surface area contributed by atoms with E-state index in [1.54, 1.807) is 32.9 Å². The lowest BCUT2D eigenvalue weighted by atomic mass is 9.87. The molecule has 0 saturated carbocycles. The van der Waals surface area contributed by atoms with E-state index < -0.39 is 17.3 Å². The minimum absolute atomic E-state index is 0.147. The number of halogens is 2. The number of aliphatic hydroxyl groups is 1. The van der Waals surface area contributed by atoms with Gasteiger partial charge < -0.3 is 14.7 Å². The highest BCUT2D eigenvalue weighted by atomic mass is 79.9. The van der Waals surface area contributed by atoms with Crippen molar-refractivity contribution in [3.8, 4) is 0 Å². The number of carbonyl (C=O) groups excluding carboxylic acids is 1. The van der Waals surface area contributed by atoms with Gasteiger partial charge in [0, 0.05) is 10.9 Å². The van der Waals surface area contributed by atoms with Crippen LogP contribution in [-0.4, -0.2) is 40.4 Å². The minimum Gasteiger partial charge on any atom is -0.444 e. The molecule has 2 rings (SSSR count). The second kappa shape index (κ2) is 5.57. The van der Waals surface area contributed by atoms with Crippen LogP contribution in [-0.2, 0) is 11.2 Å². The molecule has 1 amide bonds. The number of ether oxygens (including phenoxy) is 1. The van der Waals surface area contributed by atoms with Crippen LogP contribution in [0.25, 0.3) is 0 Å². The molecule has 0 aliphatic carbocycles. The summed E-state index contributed by atoms with van der Waals surface area (Å²) < 4.78 is 19.7. The van der Waals surface area contributed by atoms with Crippen LogP contribution in [0.3, 0.4) is 0 Å². The Morgan fingerprint density at radius 3 is 2.67 bits per heavy atom. The predicted octanol–water partition coefficient (Wildman–Crippen LogP) is 3.11. The summed E-state index contributed by atoms with van der Waals surface area (Å²) in [4.78, 5) is 13.2. The molecule has 21 heavy (non-hydrogen) atoms. The van der Waals surface area contributed by atoms with Gasteiger partial charge in [-0.2, -0.15) is 0 Å². The average molecular weight is 360 g/mol. The molecule has 1 fully saturated rings. The lowest BCUT2D eigenvalue weighted by Gasteiger charge is -2.46. The van der Waals surface area contributed by atoms with Gasteiger partial charge in [-0.1, -0.05) is 15.9 Å². The first-order chi connectivity index (χ1) is 9.58. The van der Waals surface area contributed by atoms with Gasteiger partial charge in [-0.05, 0) is 44.5 Å². The maximum Gasteiger partial charge on any atom is 0.410 e. The molecule has 0 atom stereocenters. The monoisotopic (exact) mass is 359 g/mol. The molecule has 4 nitrogen and oxygen atoms in total. The van der Waals surface area contributed by atoms with Crippen LogP contribution in [0.4, 0.5) is 9.18 Å². The zero-order valence-corrected chi connectivity index (χ0v) is 13.9. The van der Waals surface area contributed by atoms with Crippen molar-refractivity contribution >= 4 is 22.0 Å². The van der Waals surface area contributed by atoms with E-state index in [2.05, 4.69) is 15.9 Å². The summed E-state index contributed by atoms with van der Waals surface area (Å²) >= 11 is 3.28. The molecule has 0 spiro atoms. The normalized spacial score (nSPS) is 17.3. The first-order valence-electron chi connectivity index (χ1n) is 6.72. The fraction of sp³-hybridized carbons (Fsp3) is 0.533. The molecule has 0 bridgehead atoms. The Bertz CT molecular complexity index is 550. The smallest absolute Gasteiger partial charge is 0.410 e. The van der Waals surface area contributed by atoms with E-state index in [1.165, 1.54) is 11.0 Å². The van der Waals surface area contributed by atoms with E-state index in [0.29, 0.717) is 5.56 Å². The van der Waals surface area contributed by atoms with Crippen molar-refractivity contribution in [3.63, 3.8) is 0 Å². The van der Waals surface area contributed by atoms with Crippen molar-refractivity contribution in [3.05, 3.63) is 34.1 Å². The number of β-amino-alcohol motifs (C(OH)–C–C–N with tert-alkyl or cyclic N) is 1. The molecule has 116 valence electrons.